The molecule has 0 aliphatic heterocycles. The number of nitrogens with one attached hydrogen (secondary N) is 1. The van der Waals surface area contributed by atoms with Crippen LogP contribution >= 0.6 is 0 Å². The topological polar surface area (TPSA) is 49.3 Å². The second-order valence-corrected chi connectivity index (χ2v) is 5.76. The molecule has 2 rings (SSSR count). The predicted octanol–water partition coefficient (Wildman–Crippen LogP) is 3.20. The van der Waals surface area contributed by atoms with E-state index in [1.165, 1.54) is 0 Å². The van der Waals surface area contributed by atoms with Gasteiger partial charge in [0.05, 0.1) is 0 Å². The number of aliphatic carboxylic acids is 1. The van der Waals surface area contributed by atoms with E-state index in [9.17, 15) is 9.90 Å². The number of hydrogen-bond donors (Lipinski definition) is 2. The summed E-state index contributed by atoms with van der Waals surface area (Å²) in [6.45, 7) is 2.84. The van der Waals surface area contributed by atoms with Gasteiger partial charge in [-0.3, -0.25) is 10.1 Å². The summed E-state index contributed by atoms with van der Waals surface area (Å²) >= 11 is 0. The number of hydrogen-bond acceptors (Lipinski definition) is 2. The molecule has 0 aromatic heterocycles. The fourth-order valence-electron chi connectivity index (χ4n) is 2.85. The Kier molecular flexibility index (Phi) is 4.59. The van der Waals surface area contributed by atoms with Crippen LogP contribution in [0.5, 0.6) is 0 Å². The van der Waals surface area contributed by atoms with Crippen molar-refractivity contribution in [3.05, 3.63) is 35.9 Å². The van der Waals surface area contributed by atoms with E-state index in [0.717, 1.165) is 37.7 Å². The second-order valence-electron chi connectivity index (χ2n) is 5.76. The van der Waals surface area contributed by atoms with Crippen molar-refractivity contribution in [1.29, 1.82) is 0 Å². The molecule has 2 unspecified atom stereocenters. The minimum Gasteiger partial charge on any atom is -0.480 e. The van der Waals surface area contributed by atoms with Crippen LogP contribution in [0.4, 0.5) is 0 Å². The van der Waals surface area contributed by atoms with Gasteiger partial charge in [0.25, 0.3) is 0 Å². The Balaban J connectivity index is 2.05. The van der Waals surface area contributed by atoms with Gasteiger partial charge in [-0.2, -0.15) is 0 Å². The summed E-state index contributed by atoms with van der Waals surface area (Å²) in [7, 11) is 0. The maximum absolute atomic E-state index is 11.7. The van der Waals surface area contributed by atoms with Crippen molar-refractivity contribution < 1.29 is 9.90 Å². The fraction of sp³-hybridized carbons (Fsp3) is 0.562. The summed E-state index contributed by atoms with van der Waals surface area (Å²) in [5, 5.41) is 12.9. The van der Waals surface area contributed by atoms with Crippen molar-refractivity contribution in [2.24, 2.45) is 5.92 Å². The highest BCUT2D eigenvalue weighted by molar-refractivity contribution is 5.78. The highest BCUT2D eigenvalue weighted by Crippen LogP contribution is 2.30. The molecule has 1 aromatic rings. The summed E-state index contributed by atoms with van der Waals surface area (Å²) in [4.78, 5) is 11.7. The molecular weight excluding hydrogens is 238 g/mol. The Hall–Kier alpha value is -1.35. The summed E-state index contributed by atoms with van der Waals surface area (Å²) in [5.74, 6) is -0.0581. The Morgan fingerprint density at radius 2 is 2.05 bits per heavy atom. The van der Waals surface area contributed by atoms with E-state index in [-0.39, 0.29) is 0 Å². The first kappa shape index (κ1) is 14.1. The van der Waals surface area contributed by atoms with Gasteiger partial charge in [0.15, 0.2) is 0 Å². The van der Waals surface area contributed by atoms with Crippen LogP contribution in [0.15, 0.2) is 30.3 Å². The van der Waals surface area contributed by atoms with E-state index in [1.807, 2.05) is 30.3 Å². The molecule has 19 heavy (non-hydrogen) atoms. The van der Waals surface area contributed by atoms with E-state index < -0.39 is 11.5 Å². The molecule has 2 atom stereocenters. The van der Waals surface area contributed by atoms with E-state index in [1.54, 1.807) is 0 Å². The summed E-state index contributed by atoms with van der Waals surface area (Å²) in [6, 6.07) is 10.0. The largest absolute Gasteiger partial charge is 0.480 e. The van der Waals surface area contributed by atoms with Crippen LogP contribution < -0.4 is 5.32 Å². The first-order chi connectivity index (χ1) is 9.12. The van der Waals surface area contributed by atoms with E-state index in [4.69, 9.17) is 0 Å². The highest BCUT2D eigenvalue weighted by Gasteiger charge is 2.39. The third-order valence-corrected chi connectivity index (χ3v) is 4.25. The average molecular weight is 261 g/mol. The lowest BCUT2D eigenvalue weighted by atomic mass is 9.89. The minimum absolute atomic E-state index is 0.627. The van der Waals surface area contributed by atoms with E-state index in [0.29, 0.717) is 12.5 Å². The third-order valence-electron chi connectivity index (χ3n) is 4.25. The summed E-state index contributed by atoms with van der Waals surface area (Å²) in [5.41, 5.74) is 0.404. The lowest BCUT2D eigenvalue weighted by Crippen LogP contribution is -2.51. The summed E-state index contributed by atoms with van der Waals surface area (Å²) < 4.78 is 0. The predicted molar refractivity (Wildman–Crippen MR) is 75.9 cm³/mol. The molecule has 2 N–H and O–H groups in total. The zero-order chi connectivity index (χ0) is 13.7. The van der Waals surface area contributed by atoms with Gasteiger partial charge in [0.2, 0.25) is 0 Å². The highest BCUT2D eigenvalue weighted by atomic mass is 16.4. The minimum atomic E-state index is -0.736. The lowest BCUT2D eigenvalue weighted by Gasteiger charge is -2.29. The standard InChI is InChI=1S/C16H23NO2/c1-13-6-5-10-16(11-9-13,15(18)19)17-12-14-7-3-2-4-8-14/h2-4,7-8,13,17H,5-6,9-12H2,1H3,(H,18,19). The maximum Gasteiger partial charge on any atom is 0.323 e. The van der Waals surface area contributed by atoms with Gasteiger partial charge in [-0.1, -0.05) is 50.1 Å². The van der Waals surface area contributed by atoms with Gasteiger partial charge >= 0.3 is 5.97 Å². The Bertz CT molecular complexity index is 418. The molecule has 0 radical (unpaired) electrons. The molecule has 1 saturated carbocycles. The van der Waals surface area contributed by atoms with Crippen molar-refractivity contribution in [2.45, 2.75) is 51.1 Å². The molecule has 1 aliphatic rings. The van der Waals surface area contributed by atoms with Gasteiger partial charge in [0.1, 0.15) is 5.54 Å². The van der Waals surface area contributed by atoms with Gasteiger partial charge in [-0.15, -0.1) is 0 Å². The quantitative estimate of drug-likeness (QED) is 0.818. The maximum atomic E-state index is 11.7. The van der Waals surface area contributed by atoms with Crippen LogP contribution in [0.2, 0.25) is 0 Å². The Morgan fingerprint density at radius 1 is 1.32 bits per heavy atom. The van der Waals surface area contributed by atoms with Crippen LogP contribution in [0, 0.1) is 5.92 Å². The van der Waals surface area contributed by atoms with E-state index >= 15 is 0 Å². The number of carboxylic acids is 1. The van der Waals surface area contributed by atoms with Crippen molar-refractivity contribution in [3.63, 3.8) is 0 Å². The second kappa shape index (κ2) is 6.20. The summed E-state index contributed by atoms with van der Waals surface area (Å²) in [6.07, 6.45) is 4.60. The monoisotopic (exact) mass is 261 g/mol. The molecule has 3 nitrogen and oxygen atoms in total. The van der Waals surface area contributed by atoms with Crippen molar-refractivity contribution in [3.8, 4) is 0 Å². The molecule has 1 fully saturated rings. The van der Waals surface area contributed by atoms with E-state index in [2.05, 4.69) is 12.2 Å². The zero-order valence-corrected chi connectivity index (χ0v) is 11.6. The van der Waals surface area contributed by atoms with Crippen LogP contribution in [0.3, 0.4) is 0 Å². The molecular formula is C16H23NO2. The molecule has 0 heterocycles. The molecule has 1 aliphatic carbocycles. The van der Waals surface area contributed by atoms with Crippen LogP contribution in [0.1, 0.15) is 44.6 Å². The molecule has 104 valence electrons. The Labute approximate surface area is 115 Å². The average Bonchev–Trinajstić information content (AvgIpc) is 2.61. The van der Waals surface area contributed by atoms with Crippen molar-refractivity contribution in [1.82, 2.24) is 5.32 Å². The molecule has 1 aromatic carbocycles. The fourth-order valence-corrected chi connectivity index (χ4v) is 2.85. The first-order valence-corrected chi connectivity index (χ1v) is 7.15. The van der Waals surface area contributed by atoms with Crippen molar-refractivity contribution >= 4 is 5.97 Å². The Morgan fingerprint density at radius 3 is 2.74 bits per heavy atom. The smallest absolute Gasteiger partial charge is 0.323 e. The van der Waals surface area contributed by atoms with Crippen LogP contribution in [0.25, 0.3) is 0 Å². The van der Waals surface area contributed by atoms with Gasteiger partial charge in [0, 0.05) is 6.54 Å². The molecule has 0 spiro atoms. The number of rotatable bonds is 4. The number of benzene rings is 1. The van der Waals surface area contributed by atoms with Gasteiger partial charge in [-0.05, 0) is 30.7 Å². The van der Waals surface area contributed by atoms with Crippen molar-refractivity contribution in [2.75, 3.05) is 0 Å². The molecule has 0 amide bonds. The molecule has 0 saturated heterocycles. The first-order valence-electron chi connectivity index (χ1n) is 7.15. The zero-order valence-electron chi connectivity index (χ0n) is 11.6. The molecule has 3 heteroatoms. The SMILES string of the molecule is CC1CCCC(NCc2ccccc2)(C(=O)O)CC1. The lowest BCUT2D eigenvalue weighted by molar-refractivity contribution is -0.145. The van der Waals surface area contributed by atoms with Gasteiger partial charge < -0.3 is 5.11 Å². The third kappa shape index (κ3) is 3.57. The number of carbonyl (C=O) groups is 1. The van der Waals surface area contributed by atoms with Gasteiger partial charge in [-0.25, -0.2) is 0 Å². The van der Waals surface area contributed by atoms with Crippen LogP contribution in [-0.4, -0.2) is 16.6 Å². The number of carboxylic acid groups (broad SMARTS) is 1. The normalized spacial score (nSPS) is 27.7. The molecule has 0 bridgehead atoms. The van der Waals surface area contributed by atoms with Crippen LogP contribution in [-0.2, 0) is 11.3 Å².